The van der Waals surface area contributed by atoms with Crippen LogP contribution in [0.3, 0.4) is 0 Å². The van der Waals surface area contributed by atoms with Crippen molar-refractivity contribution in [3.05, 3.63) is 24.7 Å². The molecule has 4 heterocycles. The molecule has 9 nitrogen and oxygen atoms in total. The van der Waals surface area contributed by atoms with Gasteiger partial charge in [0, 0.05) is 26.2 Å². The molecule has 0 radical (unpaired) electrons. The molecule has 4 aliphatic rings. The fraction of sp³-hybridized carbons (Fsp3) is 0.765. The van der Waals surface area contributed by atoms with Crippen LogP contribution in [0.5, 0.6) is 0 Å². The Labute approximate surface area is 167 Å². The molecule has 11 heteroatoms. The van der Waals surface area contributed by atoms with E-state index in [9.17, 15) is 15.3 Å². The van der Waals surface area contributed by atoms with Gasteiger partial charge < -0.3 is 33.8 Å². The lowest BCUT2D eigenvalue weighted by molar-refractivity contribution is -0.333. The van der Waals surface area contributed by atoms with Crippen molar-refractivity contribution in [2.24, 2.45) is 0 Å². The highest BCUT2D eigenvalue weighted by molar-refractivity contribution is 7.53. The van der Waals surface area contributed by atoms with Crippen molar-refractivity contribution in [1.82, 2.24) is 9.34 Å². The number of hydrogen-bond acceptors (Lipinski definition) is 9. The molecular formula is C17H28N2O7P2. The first-order chi connectivity index (χ1) is 13.3. The minimum absolute atomic E-state index is 0.0498. The van der Waals surface area contributed by atoms with Crippen LogP contribution in [0.15, 0.2) is 24.7 Å². The molecule has 2 bridgehead atoms. The lowest BCUT2D eigenvalue weighted by Gasteiger charge is -2.58. The number of ether oxygens (including phenoxy) is 2. The molecule has 158 valence electrons. The monoisotopic (exact) mass is 434 g/mol. The van der Waals surface area contributed by atoms with Gasteiger partial charge in [-0.1, -0.05) is 13.8 Å². The third kappa shape index (κ3) is 2.80. The Balaban J connectivity index is 1.78. The molecule has 28 heavy (non-hydrogen) atoms. The highest BCUT2D eigenvalue weighted by atomic mass is 31.2. The van der Waals surface area contributed by atoms with Crippen molar-refractivity contribution >= 4 is 16.6 Å². The van der Waals surface area contributed by atoms with E-state index in [1.165, 1.54) is 13.2 Å². The zero-order valence-electron chi connectivity index (χ0n) is 16.3. The topological polar surface area (TPSA) is 104 Å². The average molecular weight is 434 g/mol. The van der Waals surface area contributed by atoms with Crippen LogP contribution in [0.1, 0.15) is 20.8 Å². The van der Waals surface area contributed by atoms with Crippen molar-refractivity contribution in [3.63, 3.8) is 0 Å². The van der Waals surface area contributed by atoms with Crippen LogP contribution < -0.4 is 0 Å². The zero-order valence-corrected chi connectivity index (χ0v) is 18.1. The Morgan fingerprint density at radius 2 is 1.57 bits per heavy atom. The molecule has 4 aliphatic heterocycles. The number of fused-ring (bicyclic) bond motifs is 2. The fourth-order valence-corrected chi connectivity index (χ4v) is 8.87. The SMILES string of the molecule is CCN1CC=COP1[C@@]1(O)[C@H]2CO[C@@H]1[C@](O)(P1OC=CCN1CC)[C@@](C)(O)O2. The number of likely N-dealkylation sites (N-methyl/N-ethyl adjacent to an activating group) is 2. The molecule has 2 fully saturated rings. The van der Waals surface area contributed by atoms with Crippen LogP contribution in [-0.2, 0) is 18.5 Å². The number of rotatable bonds is 4. The average Bonchev–Trinajstić information content (AvgIpc) is 2.97. The number of hydrogen-bond donors (Lipinski definition) is 3. The van der Waals surface area contributed by atoms with E-state index in [1.54, 1.807) is 6.26 Å². The Bertz CT molecular complexity index is 665. The van der Waals surface area contributed by atoms with Gasteiger partial charge in [-0.3, -0.25) is 0 Å². The predicted molar refractivity (Wildman–Crippen MR) is 104 cm³/mol. The van der Waals surface area contributed by atoms with Gasteiger partial charge in [-0.15, -0.1) is 0 Å². The van der Waals surface area contributed by atoms with Crippen molar-refractivity contribution in [1.29, 1.82) is 0 Å². The summed E-state index contributed by atoms with van der Waals surface area (Å²) in [4.78, 5) is 0. The normalized spacial score (nSPS) is 49.1. The number of aliphatic hydroxyl groups is 3. The fourth-order valence-electron chi connectivity index (χ4n) is 4.17. The first kappa shape index (κ1) is 20.9. The Morgan fingerprint density at radius 3 is 2.18 bits per heavy atom. The van der Waals surface area contributed by atoms with Gasteiger partial charge in [0.15, 0.2) is 5.34 Å². The maximum atomic E-state index is 11.9. The van der Waals surface area contributed by atoms with E-state index in [-0.39, 0.29) is 6.61 Å². The molecule has 2 saturated heterocycles. The maximum Gasteiger partial charge on any atom is 0.217 e. The largest absolute Gasteiger partial charge is 0.463 e. The van der Waals surface area contributed by atoms with E-state index in [0.29, 0.717) is 26.2 Å². The zero-order chi connectivity index (χ0) is 20.2. The maximum absolute atomic E-state index is 11.9. The molecule has 0 spiro atoms. The second kappa shape index (κ2) is 7.41. The standard InChI is InChI=1S/C17H28N2O7P2/c1-4-18-8-6-10-24-27(18)16(21)13-12-23-14(16)17(22,15(3,20)26-13)28-19(5-2)9-7-11-25-28/h6-7,10-11,13-14,20-22H,4-5,8-9,12H2,1-3H3/t13-,14+,15+,16+,17+,27?,28?/m1/s1. The summed E-state index contributed by atoms with van der Waals surface area (Å²) in [7, 11) is -3.37. The van der Waals surface area contributed by atoms with Gasteiger partial charge >= 0.3 is 0 Å². The van der Waals surface area contributed by atoms with E-state index in [1.807, 2.05) is 35.3 Å². The molecule has 0 aromatic rings. The lowest BCUT2D eigenvalue weighted by atomic mass is 9.94. The highest BCUT2D eigenvalue weighted by Gasteiger charge is 2.79. The van der Waals surface area contributed by atoms with Crippen LogP contribution in [0, 0.1) is 0 Å². The smallest absolute Gasteiger partial charge is 0.217 e. The first-order valence-electron chi connectivity index (χ1n) is 9.51. The van der Waals surface area contributed by atoms with Gasteiger partial charge in [0.25, 0.3) is 0 Å². The van der Waals surface area contributed by atoms with Crippen molar-refractivity contribution < 1.29 is 33.8 Å². The van der Waals surface area contributed by atoms with E-state index < -0.39 is 45.3 Å². The van der Waals surface area contributed by atoms with Crippen molar-refractivity contribution in [2.45, 2.75) is 49.5 Å². The molecule has 0 saturated carbocycles. The molecule has 0 aromatic carbocycles. The van der Waals surface area contributed by atoms with Crippen LogP contribution in [0.4, 0.5) is 0 Å². The minimum Gasteiger partial charge on any atom is -0.463 e. The Kier molecular flexibility index (Phi) is 5.54. The third-order valence-electron chi connectivity index (χ3n) is 5.68. The van der Waals surface area contributed by atoms with Gasteiger partial charge in [-0.2, -0.15) is 0 Å². The highest BCUT2D eigenvalue weighted by Crippen LogP contribution is 2.71. The molecule has 0 aliphatic carbocycles. The molecule has 4 rings (SSSR count). The summed E-state index contributed by atoms with van der Waals surface area (Å²) in [6.07, 6.45) is 4.85. The summed E-state index contributed by atoms with van der Waals surface area (Å²) in [5.74, 6) is -1.96. The van der Waals surface area contributed by atoms with Crippen LogP contribution >= 0.6 is 16.6 Å². The minimum atomic E-state index is -1.99. The summed E-state index contributed by atoms with van der Waals surface area (Å²) >= 11 is 0. The number of nitrogens with zero attached hydrogens (tertiary/aromatic N) is 2. The van der Waals surface area contributed by atoms with E-state index in [4.69, 9.17) is 18.5 Å². The lowest BCUT2D eigenvalue weighted by Crippen LogP contribution is -2.73. The molecule has 2 unspecified atom stereocenters. The molecular weight excluding hydrogens is 406 g/mol. The van der Waals surface area contributed by atoms with Gasteiger partial charge in [0.2, 0.25) is 27.7 Å². The van der Waals surface area contributed by atoms with Gasteiger partial charge in [-0.05, 0) is 19.1 Å². The molecule has 7 atom stereocenters. The first-order valence-corrected chi connectivity index (χ1v) is 11.9. The molecule has 0 amide bonds. The molecule has 3 N–H and O–H groups in total. The predicted octanol–water partition coefficient (Wildman–Crippen LogP) is 1.23. The molecule has 0 aromatic heterocycles. The van der Waals surface area contributed by atoms with E-state index in [0.717, 1.165) is 0 Å². The van der Waals surface area contributed by atoms with Crippen molar-refractivity contribution in [2.75, 3.05) is 32.8 Å². The summed E-state index contributed by atoms with van der Waals surface area (Å²) in [5.41, 5.74) is 0. The van der Waals surface area contributed by atoms with Gasteiger partial charge in [-0.25, -0.2) is 9.34 Å². The summed E-state index contributed by atoms with van der Waals surface area (Å²) in [5, 5.41) is 31.3. The van der Waals surface area contributed by atoms with Crippen molar-refractivity contribution in [3.8, 4) is 0 Å². The summed E-state index contributed by atoms with van der Waals surface area (Å²) < 4.78 is 27.4. The van der Waals surface area contributed by atoms with Gasteiger partial charge in [0.05, 0.1) is 19.1 Å². The quantitative estimate of drug-likeness (QED) is 0.564. The van der Waals surface area contributed by atoms with E-state index >= 15 is 0 Å². The van der Waals surface area contributed by atoms with Crippen LogP contribution in [0.2, 0.25) is 0 Å². The van der Waals surface area contributed by atoms with Gasteiger partial charge in [0.1, 0.15) is 12.2 Å². The second-order valence-corrected chi connectivity index (χ2v) is 11.4. The Hall–Kier alpha value is -0.340. The van der Waals surface area contributed by atoms with E-state index in [2.05, 4.69) is 0 Å². The summed E-state index contributed by atoms with van der Waals surface area (Å²) in [6.45, 7) is 7.81. The summed E-state index contributed by atoms with van der Waals surface area (Å²) in [6, 6.07) is 0. The van der Waals surface area contributed by atoms with Crippen LogP contribution in [-0.4, -0.2) is 86.1 Å². The second-order valence-electron chi connectivity index (χ2n) is 7.32. The van der Waals surface area contributed by atoms with Crippen LogP contribution in [0.25, 0.3) is 0 Å². The third-order valence-corrected chi connectivity index (χ3v) is 10.6. The Morgan fingerprint density at radius 1 is 1.00 bits per heavy atom.